The van der Waals surface area contributed by atoms with E-state index in [0.29, 0.717) is 12.8 Å². The van der Waals surface area contributed by atoms with E-state index >= 15 is 0 Å². The van der Waals surface area contributed by atoms with Crippen molar-refractivity contribution in [2.75, 3.05) is 0 Å². The van der Waals surface area contributed by atoms with E-state index in [-0.39, 0.29) is 41.9 Å². The van der Waals surface area contributed by atoms with Gasteiger partial charge in [0.2, 0.25) is 17.7 Å². The number of fused-ring (bicyclic) bond motifs is 4. The highest BCUT2D eigenvalue weighted by Crippen LogP contribution is 2.67. The molecular weight excluding hydrogens is 310 g/mol. The second-order valence-electron chi connectivity index (χ2n) is 8.27. The van der Waals surface area contributed by atoms with Crippen molar-refractivity contribution in [3.05, 3.63) is 0 Å². The van der Waals surface area contributed by atoms with Crippen LogP contribution >= 0.6 is 0 Å². The normalized spacial score (nSPS) is 38.1. The highest BCUT2D eigenvalue weighted by atomic mass is 16.2. The number of nitrogens with one attached hydrogen (secondary N) is 3. The Morgan fingerprint density at radius 2 is 1.42 bits per heavy atom. The molecule has 1 saturated carbocycles. The molecule has 2 heterocycles. The van der Waals surface area contributed by atoms with Gasteiger partial charge in [0.25, 0.3) is 0 Å². The molecule has 24 heavy (non-hydrogen) atoms. The van der Waals surface area contributed by atoms with Crippen molar-refractivity contribution >= 4 is 23.8 Å². The summed E-state index contributed by atoms with van der Waals surface area (Å²) in [5.41, 5.74) is -1.77. The maximum absolute atomic E-state index is 12.8. The zero-order valence-corrected chi connectivity index (χ0v) is 14.6. The van der Waals surface area contributed by atoms with Gasteiger partial charge in [-0.2, -0.15) is 0 Å². The number of amides is 5. The van der Waals surface area contributed by atoms with Crippen LogP contribution in [0.15, 0.2) is 0 Å². The monoisotopic (exact) mass is 335 g/mol. The van der Waals surface area contributed by atoms with Gasteiger partial charge >= 0.3 is 6.03 Å². The molecule has 4 atom stereocenters. The van der Waals surface area contributed by atoms with Crippen LogP contribution in [-0.2, 0) is 14.4 Å². The summed E-state index contributed by atoms with van der Waals surface area (Å²) in [6, 6.07) is -1.12. The summed E-state index contributed by atoms with van der Waals surface area (Å²) in [6.07, 6.45) is 1.22. The van der Waals surface area contributed by atoms with E-state index in [9.17, 15) is 19.2 Å². The van der Waals surface area contributed by atoms with E-state index in [0.717, 1.165) is 0 Å². The van der Waals surface area contributed by atoms with Crippen molar-refractivity contribution in [3.63, 3.8) is 0 Å². The average Bonchev–Trinajstić information content (AvgIpc) is 2.44. The molecule has 7 nitrogen and oxygen atoms in total. The van der Waals surface area contributed by atoms with Crippen molar-refractivity contribution in [2.24, 2.45) is 28.6 Å². The molecule has 3 N–H and O–H groups in total. The van der Waals surface area contributed by atoms with Crippen LogP contribution in [0.4, 0.5) is 4.79 Å². The third kappa shape index (κ3) is 2.03. The molecule has 3 rings (SSSR count). The van der Waals surface area contributed by atoms with Crippen molar-refractivity contribution in [1.82, 2.24) is 16.0 Å². The maximum atomic E-state index is 12.8. The smallest absolute Gasteiger partial charge is 0.321 e. The van der Waals surface area contributed by atoms with Crippen LogP contribution in [0.2, 0.25) is 0 Å². The standard InChI is InChI=1S/C17H25N3O4/c1-8(2)6-16-10(5-11(21)18-13(16)22)17(7-9(3)4)12(16)19-15(24)20-14(17)23/h8-10,12H,5-7H2,1-4H3,(H,18,21,22)(H2,19,20,23,24). The fourth-order valence-electron chi connectivity index (χ4n) is 5.35. The van der Waals surface area contributed by atoms with Crippen molar-refractivity contribution in [2.45, 2.75) is 53.0 Å². The molecule has 1 aliphatic carbocycles. The van der Waals surface area contributed by atoms with Gasteiger partial charge in [-0.1, -0.05) is 27.7 Å². The Morgan fingerprint density at radius 1 is 0.917 bits per heavy atom. The summed E-state index contributed by atoms with van der Waals surface area (Å²) in [6.45, 7) is 8.01. The molecule has 0 spiro atoms. The number of hydrogen-bond acceptors (Lipinski definition) is 4. The van der Waals surface area contributed by atoms with Crippen LogP contribution in [0.5, 0.6) is 0 Å². The second kappa shape index (κ2) is 5.29. The minimum absolute atomic E-state index is 0.144. The van der Waals surface area contributed by atoms with Gasteiger partial charge < -0.3 is 5.32 Å². The molecule has 0 aromatic carbocycles. The lowest BCUT2D eigenvalue weighted by atomic mass is 9.36. The lowest BCUT2D eigenvalue weighted by molar-refractivity contribution is -0.209. The number of carbonyl (C=O) groups excluding carboxylic acids is 4. The lowest BCUT2D eigenvalue weighted by Crippen LogP contribution is -2.86. The number of imide groups is 2. The van der Waals surface area contributed by atoms with E-state index in [2.05, 4.69) is 16.0 Å². The Balaban J connectivity index is 2.12. The minimum atomic E-state index is -0.885. The number of hydrogen-bond donors (Lipinski definition) is 3. The molecular formula is C17H25N3O4. The Morgan fingerprint density at radius 3 is 1.92 bits per heavy atom. The Labute approximate surface area is 141 Å². The number of urea groups is 1. The molecule has 7 heteroatoms. The highest BCUT2D eigenvalue weighted by molar-refractivity contribution is 6.09. The van der Waals surface area contributed by atoms with E-state index in [1.807, 2.05) is 27.7 Å². The quantitative estimate of drug-likeness (QED) is 0.665. The Kier molecular flexibility index (Phi) is 3.73. The zero-order chi connectivity index (χ0) is 17.9. The second-order valence-corrected chi connectivity index (χ2v) is 8.27. The molecule has 4 unspecified atom stereocenters. The van der Waals surface area contributed by atoms with Crippen LogP contribution in [0.25, 0.3) is 0 Å². The third-order valence-corrected chi connectivity index (χ3v) is 5.76. The van der Waals surface area contributed by atoms with Gasteiger partial charge in [-0.25, -0.2) is 4.79 Å². The van der Waals surface area contributed by atoms with Crippen LogP contribution in [0.1, 0.15) is 47.0 Å². The van der Waals surface area contributed by atoms with Gasteiger partial charge in [0.1, 0.15) is 0 Å². The Hall–Kier alpha value is -1.92. The Bertz CT molecular complexity index is 563. The number of piperidine rings is 1. The first-order chi connectivity index (χ1) is 11.1. The van der Waals surface area contributed by atoms with E-state index in [1.54, 1.807) is 0 Å². The van der Waals surface area contributed by atoms with Crippen molar-refractivity contribution in [3.8, 4) is 0 Å². The third-order valence-electron chi connectivity index (χ3n) is 5.76. The largest absolute Gasteiger partial charge is 0.333 e. The highest BCUT2D eigenvalue weighted by Gasteiger charge is 2.79. The molecule has 0 aromatic rings. The van der Waals surface area contributed by atoms with Gasteiger partial charge in [0, 0.05) is 12.3 Å². The molecule has 3 aliphatic rings. The maximum Gasteiger partial charge on any atom is 0.321 e. The van der Waals surface area contributed by atoms with Gasteiger partial charge in [-0.05, 0) is 24.7 Å². The van der Waals surface area contributed by atoms with E-state index in [4.69, 9.17) is 0 Å². The molecule has 2 aliphatic heterocycles. The van der Waals surface area contributed by atoms with Gasteiger partial charge in [-0.15, -0.1) is 0 Å². The fraction of sp³-hybridized carbons (Fsp3) is 0.765. The summed E-state index contributed by atoms with van der Waals surface area (Å²) in [4.78, 5) is 49.5. The first-order valence-electron chi connectivity index (χ1n) is 8.60. The summed E-state index contributed by atoms with van der Waals surface area (Å²) < 4.78 is 0. The van der Waals surface area contributed by atoms with E-state index < -0.39 is 22.9 Å². The van der Waals surface area contributed by atoms with Crippen molar-refractivity contribution in [1.29, 1.82) is 0 Å². The number of carbonyl (C=O) groups is 4. The van der Waals surface area contributed by atoms with Gasteiger partial charge in [0.05, 0.1) is 16.9 Å². The van der Waals surface area contributed by atoms with E-state index in [1.165, 1.54) is 0 Å². The summed E-state index contributed by atoms with van der Waals surface area (Å²) in [5.74, 6) is -1.01. The minimum Gasteiger partial charge on any atom is -0.333 e. The van der Waals surface area contributed by atoms with Gasteiger partial charge in [0.15, 0.2) is 0 Å². The summed E-state index contributed by atoms with van der Waals surface area (Å²) >= 11 is 0. The van der Waals surface area contributed by atoms with Crippen LogP contribution in [0, 0.1) is 28.6 Å². The lowest BCUT2D eigenvalue weighted by Gasteiger charge is -2.69. The topological polar surface area (TPSA) is 104 Å². The molecule has 132 valence electrons. The fourth-order valence-corrected chi connectivity index (χ4v) is 5.35. The van der Waals surface area contributed by atoms with Crippen molar-refractivity contribution < 1.29 is 19.2 Å². The molecule has 0 radical (unpaired) electrons. The van der Waals surface area contributed by atoms with Crippen LogP contribution in [-0.4, -0.2) is 29.8 Å². The molecule has 5 amide bonds. The first kappa shape index (κ1) is 16.9. The zero-order valence-electron chi connectivity index (χ0n) is 14.6. The van der Waals surface area contributed by atoms with Crippen LogP contribution in [0.3, 0.4) is 0 Å². The predicted octanol–water partition coefficient (Wildman–Crippen LogP) is 0.936. The molecule has 2 saturated heterocycles. The molecule has 0 bridgehead atoms. The van der Waals surface area contributed by atoms with Crippen LogP contribution < -0.4 is 16.0 Å². The molecule has 0 aromatic heterocycles. The summed E-state index contributed by atoms with van der Waals surface area (Å²) in [5, 5.41) is 7.63. The average molecular weight is 335 g/mol. The SMILES string of the molecule is CC(C)CC12C(=O)NC(=O)CC1C1(CC(C)C)C(=O)NC(=O)NC21. The number of rotatable bonds is 4. The predicted molar refractivity (Wildman–Crippen MR) is 85.5 cm³/mol. The first-order valence-corrected chi connectivity index (χ1v) is 8.60. The summed E-state index contributed by atoms with van der Waals surface area (Å²) in [7, 11) is 0. The molecule has 3 fully saturated rings. The van der Waals surface area contributed by atoms with Gasteiger partial charge in [-0.3, -0.25) is 25.0 Å².